The van der Waals surface area contributed by atoms with Crippen molar-refractivity contribution in [2.75, 3.05) is 26.2 Å². The van der Waals surface area contributed by atoms with Gasteiger partial charge < -0.3 is 4.90 Å². The summed E-state index contributed by atoms with van der Waals surface area (Å²) in [6.45, 7) is 18.6. The van der Waals surface area contributed by atoms with E-state index >= 15 is 0 Å². The van der Waals surface area contributed by atoms with Crippen molar-refractivity contribution in [3.8, 4) is 0 Å². The van der Waals surface area contributed by atoms with E-state index in [1.54, 1.807) is 0 Å². The number of rotatable bonds is 2. The number of amides is 1. The molecule has 1 amide bonds. The molecule has 0 aromatic carbocycles. The fourth-order valence-electron chi connectivity index (χ4n) is 5.74. The first-order valence-electron chi connectivity index (χ1n) is 10.9. The zero-order valence-electron chi connectivity index (χ0n) is 18.6. The molecule has 0 aromatic heterocycles. The summed E-state index contributed by atoms with van der Waals surface area (Å²) in [5.74, 6) is 1.97. The normalized spacial score (nSPS) is 31.8. The van der Waals surface area contributed by atoms with Gasteiger partial charge in [-0.2, -0.15) is 0 Å². The smallest absolute Gasteiger partial charge is 0.226 e. The summed E-state index contributed by atoms with van der Waals surface area (Å²) in [7, 11) is 0. The molecule has 0 N–H and O–H groups in total. The number of nitrogens with zero attached hydrogens (tertiary/aromatic N) is 2. The Kier molecular flexibility index (Phi) is 5.29. The van der Waals surface area contributed by atoms with E-state index in [2.05, 4.69) is 37.5 Å². The van der Waals surface area contributed by atoms with Crippen LogP contribution in [0.3, 0.4) is 0 Å². The van der Waals surface area contributed by atoms with Crippen LogP contribution >= 0.6 is 0 Å². The van der Waals surface area contributed by atoms with Gasteiger partial charge in [0.2, 0.25) is 5.91 Å². The van der Waals surface area contributed by atoms with Gasteiger partial charge in [0.15, 0.2) is 0 Å². The Hall–Kier alpha value is -0.900. The van der Waals surface area contributed by atoms with Gasteiger partial charge in [0.05, 0.1) is 0 Å². The van der Waals surface area contributed by atoms with Gasteiger partial charge in [0, 0.05) is 48.5 Å². The summed E-state index contributed by atoms with van der Waals surface area (Å²) in [6, 6.07) is 0. The highest BCUT2D eigenvalue weighted by Gasteiger charge is 2.50. The van der Waals surface area contributed by atoms with Crippen molar-refractivity contribution in [2.24, 2.45) is 28.6 Å². The van der Waals surface area contributed by atoms with Gasteiger partial charge in [0.25, 0.3) is 0 Å². The number of hydrogen-bond acceptors (Lipinski definition) is 3. The fourth-order valence-corrected chi connectivity index (χ4v) is 5.74. The van der Waals surface area contributed by atoms with Crippen molar-refractivity contribution in [2.45, 2.75) is 79.7 Å². The molecule has 3 rings (SSSR count). The molecule has 2 saturated heterocycles. The third-order valence-electron chi connectivity index (χ3n) is 7.48. The summed E-state index contributed by atoms with van der Waals surface area (Å²) in [4.78, 5) is 30.9. The molecule has 2 aliphatic heterocycles. The van der Waals surface area contributed by atoms with Gasteiger partial charge in [-0.3, -0.25) is 14.5 Å². The molecular weight excluding hydrogens is 336 g/mol. The van der Waals surface area contributed by atoms with Crippen LogP contribution < -0.4 is 0 Å². The van der Waals surface area contributed by atoms with Crippen molar-refractivity contribution in [3.63, 3.8) is 0 Å². The lowest BCUT2D eigenvalue weighted by atomic mass is 9.68. The minimum atomic E-state index is -0.306. The van der Waals surface area contributed by atoms with Gasteiger partial charge in [-0.05, 0) is 58.3 Å². The highest BCUT2D eigenvalue weighted by Crippen LogP contribution is 2.45. The molecule has 0 aromatic rings. The number of hydrogen-bond donors (Lipinski definition) is 0. The molecule has 4 nitrogen and oxygen atoms in total. The molecule has 2 heterocycles. The van der Waals surface area contributed by atoms with E-state index in [0.717, 1.165) is 39.0 Å². The van der Waals surface area contributed by atoms with Crippen LogP contribution in [0.25, 0.3) is 0 Å². The Balaban J connectivity index is 1.63. The van der Waals surface area contributed by atoms with Crippen LogP contribution in [0.1, 0.15) is 74.1 Å². The van der Waals surface area contributed by atoms with E-state index in [4.69, 9.17) is 0 Å². The minimum Gasteiger partial charge on any atom is -0.342 e. The molecule has 3 fully saturated rings. The van der Waals surface area contributed by atoms with E-state index in [9.17, 15) is 9.59 Å². The lowest BCUT2D eigenvalue weighted by Crippen LogP contribution is -2.56. The molecule has 1 aliphatic carbocycles. The van der Waals surface area contributed by atoms with Crippen molar-refractivity contribution < 1.29 is 9.59 Å². The lowest BCUT2D eigenvalue weighted by Gasteiger charge is -2.47. The van der Waals surface area contributed by atoms with Gasteiger partial charge in [-0.1, -0.05) is 27.7 Å². The predicted molar refractivity (Wildman–Crippen MR) is 109 cm³/mol. The monoisotopic (exact) mass is 376 g/mol. The average molecular weight is 377 g/mol. The second kappa shape index (κ2) is 6.86. The Morgan fingerprint density at radius 1 is 0.889 bits per heavy atom. The molecule has 4 heteroatoms. The summed E-state index contributed by atoms with van der Waals surface area (Å²) in [5, 5.41) is 0. The van der Waals surface area contributed by atoms with Crippen LogP contribution in [0, 0.1) is 28.6 Å². The zero-order chi connectivity index (χ0) is 20.2. The summed E-state index contributed by atoms with van der Waals surface area (Å²) in [6.07, 6.45) is 4.01. The molecule has 2 unspecified atom stereocenters. The van der Waals surface area contributed by atoms with Crippen molar-refractivity contribution in [1.29, 1.82) is 0 Å². The summed E-state index contributed by atoms with van der Waals surface area (Å²) in [5.41, 5.74) is -0.390. The van der Waals surface area contributed by atoms with Gasteiger partial charge >= 0.3 is 0 Å². The highest BCUT2D eigenvalue weighted by atomic mass is 16.2. The van der Waals surface area contributed by atoms with E-state index in [0.29, 0.717) is 23.5 Å². The van der Waals surface area contributed by atoms with E-state index < -0.39 is 0 Å². The molecule has 2 atom stereocenters. The first-order valence-corrected chi connectivity index (χ1v) is 10.9. The van der Waals surface area contributed by atoms with E-state index in [1.165, 1.54) is 12.8 Å². The number of fused-ring (bicyclic) bond motifs is 2. The number of ketones is 1. The zero-order valence-corrected chi connectivity index (χ0v) is 18.6. The van der Waals surface area contributed by atoms with Gasteiger partial charge in [-0.15, -0.1) is 0 Å². The third-order valence-corrected chi connectivity index (χ3v) is 7.48. The Labute approximate surface area is 166 Å². The maximum Gasteiger partial charge on any atom is 0.226 e. The number of likely N-dealkylation sites (tertiary alicyclic amines) is 2. The average Bonchev–Trinajstić information content (AvgIpc) is 2.81. The number of piperidine rings is 2. The molecule has 0 spiro atoms. The predicted octanol–water partition coefficient (Wildman–Crippen LogP) is 3.99. The van der Waals surface area contributed by atoms with Crippen molar-refractivity contribution in [1.82, 2.24) is 9.80 Å². The van der Waals surface area contributed by atoms with Gasteiger partial charge in [0.1, 0.15) is 5.78 Å². The molecule has 0 radical (unpaired) electrons. The standard InChI is InChI=1S/C23H40N2O2/c1-21(2,3)20(27)23(7)10-12-24(13-11-23)19(26)18-16-8-9-17(18)15-25(14-16)22(4,5)6/h16-18H,8-15H2,1-7H3. The molecule has 3 aliphatic rings. The first-order chi connectivity index (χ1) is 12.3. The maximum atomic E-state index is 13.4. The number of carbonyl (C=O) groups excluding carboxylic acids is 2. The van der Waals surface area contributed by atoms with Crippen LogP contribution in [0.15, 0.2) is 0 Å². The van der Waals surface area contributed by atoms with Crippen molar-refractivity contribution in [3.05, 3.63) is 0 Å². The minimum absolute atomic E-state index is 0.190. The number of Topliss-reactive ketones (excluding diaryl/α,β-unsaturated/α-hetero) is 1. The van der Waals surface area contributed by atoms with Crippen LogP contribution in [-0.4, -0.2) is 53.2 Å². The quantitative estimate of drug-likeness (QED) is 0.732. The molecule has 2 bridgehead atoms. The van der Waals surface area contributed by atoms with Crippen LogP contribution in [0.5, 0.6) is 0 Å². The maximum absolute atomic E-state index is 13.4. The molecular formula is C23H40N2O2. The lowest BCUT2D eigenvalue weighted by molar-refractivity contribution is -0.148. The largest absolute Gasteiger partial charge is 0.342 e. The first kappa shape index (κ1) is 20.8. The molecule has 154 valence electrons. The Morgan fingerprint density at radius 2 is 1.37 bits per heavy atom. The summed E-state index contributed by atoms with van der Waals surface area (Å²) < 4.78 is 0. The fraction of sp³-hybridized carbons (Fsp3) is 0.913. The van der Waals surface area contributed by atoms with Crippen LogP contribution in [0.2, 0.25) is 0 Å². The number of carbonyl (C=O) groups is 2. The van der Waals surface area contributed by atoms with Crippen molar-refractivity contribution >= 4 is 11.7 Å². The van der Waals surface area contributed by atoms with Gasteiger partial charge in [-0.25, -0.2) is 0 Å². The molecule has 1 saturated carbocycles. The topological polar surface area (TPSA) is 40.6 Å². The SMILES string of the molecule is CC(C)(C)C(=O)C1(C)CCN(C(=O)C2C3CCC2CN(C(C)(C)C)C3)CC1. The van der Waals surface area contributed by atoms with E-state index in [-0.39, 0.29) is 22.3 Å². The highest BCUT2D eigenvalue weighted by molar-refractivity contribution is 5.89. The Bertz CT molecular complexity index is 576. The molecule has 27 heavy (non-hydrogen) atoms. The van der Waals surface area contributed by atoms with E-state index in [1.807, 2.05) is 20.8 Å². The third kappa shape index (κ3) is 3.97. The second-order valence-corrected chi connectivity index (χ2v) is 11.7. The second-order valence-electron chi connectivity index (χ2n) is 11.7. The Morgan fingerprint density at radius 3 is 1.78 bits per heavy atom. The van der Waals surface area contributed by atoms with Crippen LogP contribution in [0.4, 0.5) is 0 Å². The van der Waals surface area contributed by atoms with Crippen LogP contribution in [-0.2, 0) is 9.59 Å². The summed E-state index contributed by atoms with van der Waals surface area (Å²) >= 11 is 0.